The number of halogens is 1. The fourth-order valence-corrected chi connectivity index (χ4v) is 2.63. The smallest absolute Gasteiger partial charge is 0.108 e. The molecular formula is C12H13ClN2S. The van der Waals surface area contributed by atoms with Crippen LogP contribution >= 0.6 is 22.9 Å². The molecule has 1 heterocycles. The summed E-state index contributed by atoms with van der Waals surface area (Å²) in [5.74, 6) is 0. The van der Waals surface area contributed by atoms with Crippen molar-refractivity contribution in [2.24, 2.45) is 0 Å². The van der Waals surface area contributed by atoms with E-state index in [0.29, 0.717) is 0 Å². The minimum absolute atomic E-state index is 0.847. The van der Waals surface area contributed by atoms with E-state index in [-0.39, 0.29) is 0 Å². The zero-order valence-electron chi connectivity index (χ0n) is 9.06. The molecule has 0 saturated heterocycles. The van der Waals surface area contributed by atoms with E-state index in [2.05, 4.69) is 23.0 Å². The summed E-state index contributed by atoms with van der Waals surface area (Å²) in [7, 11) is 2.06. The van der Waals surface area contributed by atoms with Gasteiger partial charge in [0.25, 0.3) is 0 Å². The van der Waals surface area contributed by atoms with Crippen molar-refractivity contribution in [1.82, 2.24) is 9.88 Å². The van der Waals surface area contributed by atoms with Gasteiger partial charge in [-0.1, -0.05) is 29.8 Å². The van der Waals surface area contributed by atoms with Crippen LogP contribution < -0.4 is 0 Å². The third kappa shape index (κ3) is 2.82. The molecule has 0 atom stereocenters. The fourth-order valence-electron chi connectivity index (χ4n) is 1.50. The van der Waals surface area contributed by atoms with Crippen LogP contribution in [-0.2, 0) is 6.54 Å². The Morgan fingerprint density at radius 3 is 3.00 bits per heavy atom. The first kappa shape index (κ1) is 11.6. The van der Waals surface area contributed by atoms with E-state index in [4.69, 9.17) is 11.6 Å². The SMILES string of the molecule is CN(C/C=C/Cl)Cc1nc2ccccc2s1. The van der Waals surface area contributed by atoms with Gasteiger partial charge in [-0.2, -0.15) is 0 Å². The van der Waals surface area contributed by atoms with Crippen LogP contribution in [0.2, 0.25) is 0 Å². The molecule has 1 aromatic heterocycles. The number of para-hydroxylation sites is 1. The molecule has 0 spiro atoms. The second kappa shape index (κ2) is 5.43. The van der Waals surface area contributed by atoms with Gasteiger partial charge >= 0.3 is 0 Å². The summed E-state index contributed by atoms with van der Waals surface area (Å²) >= 11 is 7.24. The Hall–Kier alpha value is -0.900. The number of rotatable bonds is 4. The number of fused-ring (bicyclic) bond motifs is 1. The summed E-state index contributed by atoms with van der Waals surface area (Å²) in [5, 5.41) is 1.15. The van der Waals surface area contributed by atoms with E-state index in [0.717, 1.165) is 23.6 Å². The first-order valence-electron chi connectivity index (χ1n) is 5.08. The monoisotopic (exact) mass is 252 g/mol. The molecule has 84 valence electrons. The molecule has 0 fully saturated rings. The molecule has 16 heavy (non-hydrogen) atoms. The lowest BCUT2D eigenvalue weighted by atomic mass is 10.3. The number of hydrogen-bond acceptors (Lipinski definition) is 3. The summed E-state index contributed by atoms with van der Waals surface area (Å²) in [6.07, 6.45) is 1.93. The lowest BCUT2D eigenvalue weighted by Gasteiger charge is -2.11. The number of thiazole rings is 1. The summed E-state index contributed by atoms with van der Waals surface area (Å²) < 4.78 is 1.25. The van der Waals surface area contributed by atoms with E-state index in [1.165, 1.54) is 4.70 Å². The predicted molar refractivity (Wildman–Crippen MR) is 70.9 cm³/mol. The molecule has 2 rings (SSSR count). The molecule has 4 heteroatoms. The maximum atomic E-state index is 5.49. The van der Waals surface area contributed by atoms with E-state index >= 15 is 0 Å². The molecule has 0 aliphatic heterocycles. The van der Waals surface area contributed by atoms with Gasteiger partial charge in [-0.15, -0.1) is 11.3 Å². The Labute approximate surface area is 104 Å². The zero-order chi connectivity index (χ0) is 11.4. The molecule has 0 amide bonds. The molecule has 1 aromatic carbocycles. The Kier molecular flexibility index (Phi) is 3.93. The number of nitrogens with zero attached hydrogens (tertiary/aromatic N) is 2. The number of likely N-dealkylation sites (N-methyl/N-ethyl adjacent to an activating group) is 1. The van der Waals surface area contributed by atoms with Crippen molar-refractivity contribution in [2.75, 3.05) is 13.6 Å². The van der Waals surface area contributed by atoms with Gasteiger partial charge in [-0.25, -0.2) is 4.98 Å². The van der Waals surface area contributed by atoms with Crippen molar-refractivity contribution in [3.63, 3.8) is 0 Å². The zero-order valence-corrected chi connectivity index (χ0v) is 10.6. The highest BCUT2D eigenvalue weighted by Crippen LogP contribution is 2.22. The van der Waals surface area contributed by atoms with Crippen LogP contribution in [0.5, 0.6) is 0 Å². The number of aromatic nitrogens is 1. The quantitative estimate of drug-likeness (QED) is 0.828. The topological polar surface area (TPSA) is 16.1 Å². The largest absolute Gasteiger partial charge is 0.296 e. The second-order valence-corrected chi connectivity index (χ2v) is 5.00. The highest BCUT2D eigenvalue weighted by atomic mass is 35.5. The first-order chi connectivity index (χ1) is 7.79. The average Bonchev–Trinajstić information content (AvgIpc) is 2.68. The molecule has 0 aliphatic rings. The van der Waals surface area contributed by atoms with Crippen LogP contribution in [0.4, 0.5) is 0 Å². The maximum absolute atomic E-state index is 5.49. The molecule has 0 N–H and O–H groups in total. The van der Waals surface area contributed by atoms with Crippen molar-refractivity contribution in [3.05, 3.63) is 40.9 Å². The Morgan fingerprint density at radius 2 is 2.25 bits per heavy atom. The van der Waals surface area contributed by atoms with Gasteiger partial charge in [0, 0.05) is 12.1 Å². The highest BCUT2D eigenvalue weighted by molar-refractivity contribution is 7.18. The van der Waals surface area contributed by atoms with Crippen LogP contribution in [0.3, 0.4) is 0 Å². The Bertz CT molecular complexity index is 459. The maximum Gasteiger partial charge on any atom is 0.108 e. The van der Waals surface area contributed by atoms with E-state index in [1.54, 1.807) is 16.9 Å². The van der Waals surface area contributed by atoms with E-state index < -0.39 is 0 Å². The third-order valence-electron chi connectivity index (χ3n) is 2.25. The Morgan fingerprint density at radius 1 is 1.44 bits per heavy atom. The van der Waals surface area contributed by atoms with Crippen LogP contribution in [-0.4, -0.2) is 23.5 Å². The minimum atomic E-state index is 0.847. The molecule has 2 aromatic rings. The summed E-state index contributed by atoms with van der Waals surface area (Å²) in [4.78, 5) is 6.76. The molecule has 2 nitrogen and oxygen atoms in total. The Balaban J connectivity index is 2.09. The van der Waals surface area contributed by atoms with Gasteiger partial charge in [0.05, 0.1) is 16.8 Å². The predicted octanol–water partition coefficient (Wildman–Crippen LogP) is 3.48. The van der Waals surface area contributed by atoms with Crippen molar-refractivity contribution in [1.29, 1.82) is 0 Å². The van der Waals surface area contributed by atoms with Gasteiger partial charge in [0.1, 0.15) is 5.01 Å². The summed E-state index contributed by atoms with van der Waals surface area (Å²) in [6, 6.07) is 8.22. The van der Waals surface area contributed by atoms with Crippen LogP contribution in [0, 0.1) is 0 Å². The van der Waals surface area contributed by atoms with Gasteiger partial charge < -0.3 is 0 Å². The molecule has 0 unspecified atom stereocenters. The summed E-state index contributed by atoms with van der Waals surface area (Å²) in [5.41, 5.74) is 2.64. The van der Waals surface area contributed by atoms with E-state index in [9.17, 15) is 0 Å². The lowest BCUT2D eigenvalue weighted by Crippen LogP contribution is -2.17. The molecule has 0 saturated carbocycles. The molecule has 0 aliphatic carbocycles. The van der Waals surface area contributed by atoms with Crippen LogP contribution in [0.25, 0.3) is 10.2 Å². The van der Waals surface area contributed by atoms with Gasteiger partial charge in [-0.05, 0) is 19.2 Å². The summed E-state index contributed by atoms with van der Waals surface area (Å²) in [6.45, 7) is 1.71. The molecular weight excluding hydrogens is 240 g/mol. The number of hydrogen-bond donors (Lipinski definition) is 0. The third-order valence-corrected chi connectivity index (χ3v) is 3.45. The normalized spacial score (nSPS) is 11.9. The van der Waals surface area contributed by atoms with E-state index in [1.807, 2.05) is 24.3 Å². The molecule has 0 bridgehead atoms. The van der Waals surface area contributed by atoms with Gasteiger partial charge in [0.15, 0.2) is 0 Å². The minimum Gasteiger partial charge on any atom is -0.296 e. The average molecular weight is 253 g/mol. The first-order valence-corrected chi connectivity index (χ1v) is 6.33. The van der Waals surface area contributed by atoms with Crippen LogP contribution in [0.1, 0.15) is 5.01 Å². The van der Waals surface area contributed by atoms with Crippen molar-refractivity contribution in [2.45, 2.75) is 6.54 Å². The van der Waals surface area contributed by atoms with Gasteiger partial charge in [0.2, 0.25) is 0 Å². The van der Waals surface area contributed by atoms with Crippen molar-refractivity contribution in [3.8, 4) is 0 Å². The van der Waals surface area contributed by atoms with Crippen molar-refractivity contribution >= 4 is 33.2 Å². The second-order valence-electron chi connectivity index (χ2n) is 3.63. The fraction of sp³-hybridized carbons (Fsp3) is 0.250. The molecule has 0 radical (unpaired) electrons. The van der Waals surface area contributed by atoms with Crippen molar-refractivity contribution < 1.29 is 0 Å². The van der Waals surface area contributed by atoms with Gasteiger partial charge in [-0.3, -0.25) is 4.90 Å². The van der Waals surface area contributed by atoms with Crippen LogP contribution in [0.15, 0.2) is 35.9 Å². The highest BCUT2D eigenvalue weighted by Gasteiger charge is 2.04. The number of benzene rings is 1. The standard InChI is InChI=1S/C12H13ClN2S/c1-15(8-4-7-13)9-12-14-10-5-2-3-6-11(10)16-12/h2-7H,8-9H2,1H3/b7-4+. The lowest BCUT2D eigenvalue weighted by molar-refractivity contribution is 0.363.